The van der Waals surface area contributed by atoms with Gasteiger partial charge in [-0.05, 0) is 30.5 Å². The van der Waals surface area contributed by atoms with E-state index in [0.717, 1.165) is 36.4 Å². The van der Waals surface area contributed by atoms with Gasteiger partial charge in [0.15, 0.2) is 0 Å². The molecular weight excluding hydrogens is 252 g/mol. The van der Waals surface area contributed by atoms with Gasteiger partial charge in [-0.2, -0.15) is 0 Å². The van der Waals surface area contributed by atoms with Gasteiger partial charge in [0.25, 0.3) is 5.91 Å². The van der Waals surface area contributed by atoms with Crippen LogP contribution in [0, 0.1) is 5.41 Å². The highest BCUT2D eigenvalue weighted by molar-refractivity contribution is 5.99. The Kier molecular flexibility index (Phi) is 3.26. The maximum absolute atomic E-state index is 12.6. The largest absolute Gasteiger partial charge is 0.488 e. The van der Waals surface area contributed by atoms with Gasteiger partial charge in [-0.25, -0.2) is 0 Å². The summed E-state index contributed by atoms with van der Waals surface area (Å²) in [6.07, 6.45) is 2.92. The molecule has 0 radical (unpaired) electrons. The summed E-state index contributed by atoms with van der Waals surface area (Å²) in [5.41, 5.74) is 7.56. The normalized spacial score (nSPS) is 24.9. The van der Waals surface area contributed by atoms with Crippen molar-refractivity contribution in [3.63, 3.8) is 0 Å². The molecular formula is C16H20N2O2. The van der Waals surface area contributed by atoms with Gasteiger partial charge >= 0.3 is 0 Å². The van der Waals surface area contributed by atoms with Crippen LogP contribution in [0.2, 0.25) is 0 Å². The number of carbonyl (C=O) groups is 1. The van der Waals surface area contributed by atoms with Gasteiger partial charge in [0.1, 0.15) is 12.4 Å². The Hall–Kier alpha value is -1.81. The van der Waals surface area contributed by atoms with Crippen LogP contribution in [0.4, 0.5) is 0 Å². The molecule has 1 unspecified atom stereocenters. The van der Waals surface area contributed by atoms with Gasteiger partial charge in [-0.15, -0.1) is 0 Å². The number of hydrogen-bond donors (Lipinski definition) is 1. The highest BCUT2D eigenvalue weighted by Crippen LogP contribution is 2.31. The smallest absolute Gasteiger partial charge is 0.253 e. The Bertz CT molecular complexity index is 567. The molecule has 4 nitrogen and oxygen atoms in total. The summed E-state index contributed by atoms with van der Waals surface area (Å²) in [5.74, 6) is 0.925. The average Bonchev–Trinajstić information content (AvgIpc) is 2.89. The summed E-state index contributed by atoms with van der Waals surface area (Å²) in [4.78, 5) is 14.4. The molecule has 1 saturated heterocycles. The fourth-order valence-electron chi connectivity index (χ4n) is 2.81. The van der Waals surface area contributed by atoms with E-state index in [2.05, 4.69) is 6.92 Å². The summed E-state index contributed by atoms with van der Waals surface area (Å²) < 4.78 is 5.65. The summed E-state index contributed by atoms with van der Waals surface area (Å²) in [5, 5.41) is 0. The second kappa shape index (κ2) is 4.94. The molecule has 0 aliphatic carbocycles. The zero-order chi connectivity index (χ0) is 14.2. The lowest BCUT2D eigenvalue weighted by molar-refractivity contribution is -0.126. The molecule has 106 valence electrons. The minimum Gasteiger partial charge on any atom is -0.488 e. The Morgan fingerprint density at radius 1 is 1.45 bits per heavy atom. The molecule has 20 heavy (non-hydrogen) atoms. The SMILES string of the molecule is CC1(CN)CCN(C(=O)C2=Cc3ccccc3OC2)C1. The summed E-state index contributed by atoms with van der Waals surface area (Å²) in [7, 11) is 0. The second-order valence-electron chi connectivity index (χ2n) is 5.99. The monoisotopic (exact) mass is 272 g/mol. The van der Waals surface area contributed by atoms with Crippen molar-refractivity contribution in [3.8, 4) is 5.75 Å². The molecule has 1 aromatic rings. The molecule has 0 bridgehead atoms. The average molecular weight is 272 g/mol. The van der Waals surface area contributed by atoms with E-state index in [1.807, 2.05) is 35.2 Å². The van der Waals surface area contributed by atoms with Crippen molar-refractivity contribution in [1.29, 1.82) is 0 Å². The number of carbonyl (C=O) groups excluding carboxylic acids is 1. The van der Waals surface area contributed by atoms with E-state index in [4.69, 9.17) is 10.5 Å². The predicted octanol–water partition coefficient (Wildman–Crippen LogP) is 1.66. The Morgan fingerprint density at radius 2 is 2.25 bits per heavy atom. The number of nitrogens with two attached hydrogens (primary N) is 1. The Morgan fingerprint density at radius 3 is 3.00 bits per heavy atom. The fourth-order valence-corrected chi connectivity index (χ4v) is 2.81. The molecule has 0 spiro atoms. The lowest BCUT2D eigenvalue weighted by Gasteiger charge is -2.24. The standard InChI is InChI=1S/C16H20N2O2/c1-16(10-17)6-7-18(11-16)15(19)13-8-12-4-2-3-5-14(12)20-9-13/h2-5,8H,6-7,9-11,17H2,1H3. The first-order valence-corrected chi connectivity index (χ1v) is 7.03. The van der Waals surface area contributed by atoms with Gasteiger partial charge in [0.05, 0.1) is 5.57 Å². The minimum atomic E-state index is 0.0592. The number of ether oxygens (including phenoxy) is 1. The van der Waals surface area contributed by atoms with Crippen LogP contribution in [0.5, 0.6) is 5.75 Å². The number of nitrogens with zero attached hydrogens (tertiary/aromatic N) is 1. The third kappa shape index (κ3) is 2.31. The number of hydrogen-bond acceptors (Lipinski definition) is 3. The van der Waals surface area contributed by atoms with Crippen LogP contribution in [0.15, 0.2) is 29.8 Å². The van der Waals surface area contributed by atoms with Crippen molar-refractivity contribution < 1.29 is 9.53 Å². The van der Waals surface area contributed by atoms with Crippen LogP contribution in [-0.2, 0) is 4.79 Å². The van der Waals surface area contributed by atoms with E-state index < -0.39 is 0 Å². The highest BCUT2D eigenvalue weighted by atomic mass is 16.5. The first kappa shape index (κ1) is 13.2. The molecule has 4 heteroatoms. The first-order valence-electron chi connectivity index (χ1n) is 7.03. The Balaban J connectivity index is 1.78. The highest BCUT2D eigenvalue weighted by Gasteiger charge is 2.36. The number of fused-ring (bicyclic) bond motifs is 1. The van der Waals surface area contributed by atoms with Gasteiger partial charge in [-0.1, -0.05) is 25.1 Å². The molecule has 1 fully saturated rings. The minimum absolute atomic E-state index is 0.0592. The summed E-state index contributed by atoms with van der Waals surface area (Å²) >= 11 is 0. The van der Waals surface area contributed by atoms with Crippen LogP contribution in [0.1, 0.15) is 18.9 Å². The second-order valence-corrected chi connectivity index (χ2v) is 5.99. The van der Waals surface area contributed by atoms with Crippen molar-refractivity contribution in [2.24, 2.45) is 11.1 Å². The lowest BCUT2D eigenvalue weighted by Crippen LogP contribution is -2.36. The lowest BCUT2D eigenvalue weighted by atomic mass is 9.90. The number of para-hydroxylation sites is 1. The van der Waals surface area contributed by atoms with E-state index in [9.17, 15) is 4.79 Å². The van der Waals surface area contributed by atoms with Crippen LogP contribution in [0.3, 0.4) is 0 Å². The molecule has 3 rings (SSSR count). The number of likely N-dealkylation sites (tertiary alicyclic amines) is 1. The summed E-state index contributed by atoms with van der Waals surface area (Å²) in [6.45, 7) is 4.63. The molecule has 0 aromatic heterocycles. The fraction of sp³-hybridized carbons (Fsp3) is 0.438. The van der Waals surface area contributed by atoms with E-state index >= 15 is 0 Å². The van der Waals surface area contributed by atoms with E-state index in [-0.39, 0.29) is 11.3 Å². The first-order chi connectivity index (χ1) is 9.61. The number of rotatable bonds is 2. The molecule has 2 aliphatic rings. The zero-order valence-corrected chi connectivity index (χ0v) is 11.8. The van der Waals surface area contributed by atoms with Gasteiger partial charge in [0.2, 0.25) is 0 Å². The molecule has 2 N–H and O–H groups in total. The Labute approximate surface area is 119 Å². The van der Waals surface area contributed by atoms with E-state index in [1.165, 1.54) is 0 Å². The van der Waals surface area contributed by atoms with Crippen molar-refractivity contribution in [2.75, 3.05) is 26.2 Å². The van der Waals surface area contributed by atoms with Crippen LogP contribution in [-0.4, -0.2) is 37.0 Å². The van der Waals surface area contributed by atoms with Crippen molar-refractivity contribution in [3.05, 3.63) is 35.4 Å². The molecule has 2 aliphatic heterocycles. The molecule has 1 amide bonds. The molecule has 1 atom stereocenters. The zero-order valence-electron chi connectivity index (χ0n) is 11.8. The van der Waals surface area contributed by atoms with Gasteiger partial charge in [0, 0.05) is 18.7 Å². The van der Waals surface area contributed by atoms with Gasteiger partial charge in [-0.3, -0.25) is 4.79 Å². The van der Waals surface area contributed by atoms with Crippen molar-refractivity contribution >= 4 is 12.0 Å². The molecule has 1 aromatic carbocycles. The third-order valence-corrected chi connectivity index (χ3v) is 4.24. The predicted molar refractivity (Wildman–Crippen MR) is 78.3 cm³/mol. The number of amides is 1. The maximum Gasteiger partial charge on any atom is 0.253 e. The quantitative estimate of drug-likeness (QED) is 0.891. The summed E-state index contributed by atoms with van der Waals surface area (Å²) in [6, 6.07) is 7.78. The van der Waals surface area contributed by atoms with Crippen molar-refractivity contribution in [2.45, 2.75) is 13.3 Å². The molecule has 2 heterocycles. The molecule has 0 saturated carbocycles. The number of benzene rings is 1. The van der Waals surface area contributed by atoms with Gasteiger partial charge < -0.3 is 15.4 Å². The van der Waals surface area contributed by atoms with E-state index in [1.54, 1.807) is 0 Å². The van der Waals surface area contributed by atoms with E-state index in [0.29, 0.717) is 13.2 Å². The maximum atomic E-state index is 12.6. The topological polar surface area (TPSA) is 55.6 Å². The third-order valence-electron chi connectivity index (χ3n) is 4.24. The van der Waals surface area contributed by atoms with Crippen LogP contribution < -0.4 is 10.5 Å². The van der Waals surface area contributed by atoms with Crippen LogP contribution >= 0.6 is 0 Å². The van der Waals surface area contributed by atoms with Crippen LogP contribution in [0.25, 0.3) is 6.08 Å². The van der Waals surface area contributed by atoms with Crippen molar-refractivity contribution in [1.82, 2.24) is 4.90 Å².